The molecule has 0 aliphatic heterocycles. The monoisotopic (exact) mass is 357 g/mol. The van der Waals surface area contributed by atoms with E-state index in [-0.39, 0.29) is 17.0 Å². The Kier molecular flexibility index (Phi) is 6.71. The molecule has 0 aromatic heterocycles. The molecule has 1 aromatic carbocycles. The summed E-state index contributed by atoms with van der Waals surface area (Å²) in [5, 5.41) is 0. The van der Waals surface area contributed by atoms with E-state index in [2.05, 4.69) is 13.2 Å². The molecule has 0 heterocycles. The van der Waals surface area contributed by atoms with Crippen molar-refractivity contribution in [3.63, 3.8) is 0 Å². The summed E-state index contributed by atoms with van der Waals surface area (Å²) < 4.78 is 54.7. The van der Waals surface area contributed by atoms with E-state index in [4.69, 9.17) is 4.74 Å². The highest BCUT2D eigenvalue weighted by atomic mass is 32.2. The standard InChI is InChI=1S/C17H21F2NO3S/c1-6-16(11-12(2)20(4)24(5,21)22)23-13(3)14-7-9-15(10-8-14)17(18)19/h7-11,17H,2-3,6H2,1,4-5H3/b16-11+. The van der Waals surface area contributed by atoms with E-state index >= 15 is 0 Å². The van der Waals surface area contributed by atoms with Gasteiger partial charge in [-0.05, 0) is 0 Å². The normalized spacial score (nSPS) is 12.2. The molecule has 0 amide bonds. The fraction of sp³-hybridized carbons (Fsp3) is 0.294. The van der Waals surface area contributed by atoms with E-state index in [1.807, 2.05) is 6.92 Å². The van der Waals surface area contributed by atoms with Gasteiger partial charge in [0, 0.05) is 36.4 Å². The Hall–Kier alpha value is -2.15. The SMILES string of the molecule is C=C(O/C(=C/C(=C)N(C)S(C)(=O)=O)CC)c1ccc(C(F)F)cc1. The van der Waals surface area contributed by atoms with Crippen LogP contribution in [0.3, 0.4) is 0 Å². The Balaban J connectivity index is 2.89. The first-order chi connectivity index (χ1) is 11.1. The van der Waals surface area contributed by atoms with Crippen molar-refractivity contribution >= 4 is 15.8 Å². The molecule has 0 spiro atoms. The van der Waals surface area contributed by atoms with Gasteiger partial charge in [0.2, 0.25) is 10.0 Å². The fourth-order valence-corrected chi connectivity index (χ4v) is 2.20. The molecule has 1 rings (SSSR count). The predicted octanol–water partition coefficient (Wildman–Crippen LogP) is 4.31. The Labute approximate surface area is 141 Å². The van der Waals surface area contributed by atoms with Gasteiger partial charge in [0.05, 0.1) is 6.26 Å². The largest absolute Gasteiger partial charge is 0.462 e. The fourth-order valence-electron chi connectivity index (χ4n) is 1.73. The number of hydrogen-bond acceptors (Lipinski definition) is 3. The topological polar surface area (TPSA) is 46.6 Å². The summed E-state index contributed by atoms with van der Waals surface area (Å²) in [7, 11) is -2.02. The van der Waals surface area contributed by atoms with Crippen LogP contribution < -0.4 is 0 Å². The van der Waals surface area contributed by atoms with E-state index < -0.39 is 16.4 Å². The van der Waals surface area contributed by atoms with Crippen molar-refractivity contribution in [1.29, 1.82) is 0 Å². The van der Waals surface area contributed by atoms with Crippen molar-refractivity contribution in [2.45, 2.75) is 19.8 Å². The van der Waals surface area contributed by atoms with Gasteiger partial charge in [-0.1, -0.05) is 44.3 Å². The van der Waals surface area contributed by atoms with Gasteiger partial charge in [-0.2, -0.15) is 0 Å². The average Bonchev–Trinajstić information content (AvgIpc) is 2.52. The third-order valence-electron chi connectivity index (χ3n) is 3.32. The number of likely N-dealkylation sites (N-methyl/N-ethyl adjacent to an activating group) is 1. The van der Waals surface area contributed by atoms with Crippen molar-refractivity contribution in [2.75, 3.05) is 13.3 Å². The molecule has 0 saturated carbocycles. The molecule has 1 aromatic rings. The summed E-state index contributed by atoms with van der Waals surface area (Å²) in [5.41, 5.74) is 0.719. The molecule has 0 aliphatic carbocycles. The molecule has 0 bridgehead atoms. The molecule has 0 fully saturated rings. The molecule has 4 nitrogen and oxygen atoms in total. The number of alkyl halides is 2. The lowest BCUT2D eigenvalue weighted by molar-refractivity contribution is 0.151. The summed E-state index contributed by atoms with van der Waals surface area (Å²) in [6.07, 6.45) is 0.515. The zero-order chi connectivity index (χ0) is 18.5. The third kappa shape index (κ3) is 5.49. The van der Waals surface area contributed by atoms with Crippen LogP contribution in [0.5, 0.6) is 0 Å². The zero-order valence-corrected chi connectivity index (χ0v) is 14.7. The first-order valence-electron chi connectivity index (χ1n) is 7.14. The predicted molar refractivity (Wildman–Crippen MR) is 91.6 cm³/mol. The van der Waals surface area contributed by atoms with Gasteiger partial charge in [0.25, 0.3) is 6.43 Å². The highest BCUT2D eigenvalue weighted by Gasteiger charge is 2.13. The van der Waals surface area contributed by atoms with Crippen molar-refractivity contribution < 1.29 is 21.9 Å². The van der Waals surface area contributed by atoms with Crippen LogP contribution in [-0.4, -0.2) is 26.0 Å². The molecule has 7 heteroatoms. The van der Waals surface area contributed by atoms with Crippen LogP contribution in [0, 0.1) is 0 Å². The van der Waals surface area contributed by atoms with Gasteiger partial charge in [0.15, 0.2) is 0 Å². The highest BCUT2D eigenvalue weighted by molar-refractivity contribution is 7.88. The molecule has 0 aliphatic rings. The van der Waals surface area contributed by atoms with Crippen molar-refractivity contribution in [1.82, 2.24) is 4.31 Å². The van der Waals surface area contributed by atoms with Gasteiger partial charge in [-0.15, -0.1) is 0 Å². The van der Waals surface area contributed by atoms with E-state index in [0.29, 0.717) is 17.7 Å². The maximum absolute atomic E-state index is 12.6. The number of ether oxygens (including phenoxy) is 1. The molecule has 132 valence electrons. The summed E-state index contributed by atoms with van der Waals surface area (Å²) in [6, 6.07) is 5.60. The molecular weight excluding hydrogens is 336 g/mol. The number of rotatable bonds is 8. The van der Waals surface area contributed by atoms with Crippen molar-refractivity contribution in [2.24, 2.45) is 0 Å². The lowest BCUT2D eigenvalue weighted by Gasteiger charge is -2.18. The minimum absolute atomic E-state index is 0.0824. The first kappa shape index (κ1) is 19.9. The summed E-state index contributed by atoms with van der Waals surface area (Å²) in [4.78, 5) is 0. The summed E-state index contributed by atoms with van der Waals surface area (Å²) in [5.74, 6) is 0.733. The number of nitrogens with zero attached hydrogens (tertiary/aromatic N) is 1. The van der Waals surface area contributed by atoms with Gasteiger partial charge in [-0.3, -0.25) is 4.31 Å². The van der Waals surface area contributed by atoms with Crippen molar-refractivity contribution in [3.8, 4) is 0 Å². The maximum Gasteiger partial charge on any atom is 0.263 e. The molecule has 0 radical (unpaired) electrons. The van der Waals surface area contributed by atoms with Gasteiger partial charge in [0.1, 0.15) is 11.5 Å². The molecule has 0 atom stereocenters. The molecule has 24 heavy (non-hydrogen) atoms. The second-order valence-corrected chi connectivity index (χ2v) is 7.15. The third-order valence-corrected chi connectivity index (χ3v) is 4.55. The van der Waals surface area contributed by atoms with Gasteiger partial charge < -0.3 is 4.74 Å². The second-order valence-electron chi connectivity index (χ2n) is 5.13. The lowest BCUT2D eigenvalue weighted by atomic mass is 10.1. The number of allylic oxidation sites excluding steroid dienone is 2. The molecule has 0 N–H and O–H groups in total. The van der Waals surface area contributed by atoms with Crippen molar-refractivity contribution in [3.05, 3.63) is 66.1 Å². The van der Waals surface area contributed by atoms with Gasteiger partial charge in [-0.25, -0.2) is 17.2 Å². The highest BCUT2D eigenvalue weighted by Crippen LogP contribution is 2.24. The Morgan fingerprint density at radius 2 is 1.83 bits per heavy atom. The van der Waals surface area contributed by atoms with Crippen LogP contribution in [0.15, 0.2) is 55.0 Å². The minimum Gasteiger partial charge on any atom is -0.462 e. The van der Waals surface area contributed by atoms with Crippen LogP contribution in [-0.2, 0) is 14.8 Å². The Morgan fingerprint density at radius 1 is 1.29 bits per heavy atom. The van der Waals surface area contributed by atoms with E-state index in [9.17, 15) is 17.2 Å². The zero-order valence-electron chi connectivity index (χ0n) is 13.9. The molecule has 0 unspecified atom stereocenters. The number of hydrogen-bond donors (Lipinski definition) is 0. The summed E-state index contributed by atoms with van der Waals surface area (Å²) >= 11 is 0. The molecule has 0 saturated heterocycles. The smallest absolute Gasteiger partial charge is 0.263 e. The van der Waals surface area contributed by atoms with Crippen LogP contribution in [0.4, 0.5) is 8.78 Å². The van der Waals surface area contributed by atoms with E-state index in [1.165, 1.54) is 37.4 Å². The van der Waals surface area contributed by atoms with Crippen LogP contribution in [0.1, 0.15) is 30.9 Å². The first-order valence-corrected chi connectivity index (χ1v) is 8.99. The Bertz CT molecular complexity index is 738. The summed E-state index contributed by atoms with van der Waals surface area (Å²) in [6.45, 7) is 9.30. The van der Waals surface area contributed by atoms with Crippen LogP contribution in [0.2, 0.25) is 0 Å². The average molecular weight is 357 g/mol. The maximum atomic E-state index is 12.6. The molecular formula is C17H21F2NO3S. The van der Waals surface area contributed by atoms with E-state index in [0.717, 1.165) is 10.6 Å². The van der Waals surface area contributed by atoms with Gasteiger partial charge >= 0.3 is 0 Å². The second kappa shape index (κ2) is 8.10. The van der Waals surface area contributed by atoms with Crippen LogP contribution >= 0.6 is 0 Å². The van der Waals surface area contributed by atoms with E-state index in [1.54, 1.807) is 0 Å². The lowest BCUT2D eigenvalue weighted by Crippen LogP contribution is -2.23. The number of benzene rings is 1. The minimum atomic E-state index is -3.41. The quantitative estimate of drug-likeness (QED) is 0.514. The Morgan fingerprint density at radius 3 is 2.25 bits per heavy atom. The number of halogens is 2. The van der Waals surface area contributed by atoms with Crippen LogP contribution in [0.25, 0.3) is 5.76 Å². The number of sulfonamides is 1.